The summed E-state index contributed by atoms with van der Waals surface area (Å²) in [7, 11) is 0. The molecule has 0 aliphatic heterocycles. The molecule has 0 aliphatic rings. The van der Waals surface area contributed by atoms with E-state index in [9.17, 15) is 4.79 Å². The average molecular weight is 443 g/mol. The van der Waals surface area contributed by atoms with E-state index in [1.807, 2.05) is 37.3 Å². The molecule has 0 spiro atoms. The van der Waals surface area contributed by atoms with Gasteiger partial charge in [-0.2, -0.15) is 5.10 Å². The second-order valence-electron chi connectivity index (χ2n) is 6.24. The fourth-order valence-corrected chi connectivity index (χ4v) is 3.03. The summed E-state index contributed by atoms with van der Waals surface area (Å²) in [6.07, 6.45) is 1.49. The molecular formula is C23H20Cl2N2O3. The summed E-state index contributed by atoms with van der Waals surface area (Å²) in [5.41, 5.74) is 4.60. The number of halogens is 2. The van der Waals surface area contributed by atoms with Gasteiger partial charge in [-0.1, -0.05) is 53.5 Å². The van der Waals surface area contributed by atoms with Crippen LogP contribution >= 0.6 is 23.2 Å². The van der Waals surface area contributed by atoms with Crippen molar-refractivity contribution in [1.82, 2.24) is 5.43 Å². The average Bonchev–Trinajstić information content (AvgIpc) is 2.74. The van der Waals surface area contributed by atoms with E-state index < -0.39 is 0 Å². The van der Waals surface area contributed by atoms with Gasteiger partial charge in [-0.15, -0.1) is 0 Å². The first-order valence-electron chi connectivity index (χ1n) is 9.29. The fourth-order valence-electron chi connectivity index (χ4n) is 2.63. The van der Waals surface area contributed by atoms with Gasteiger partial charge in [0.1, 0.15) is 6.61 Å². The first-order chi connectivity index (χ1) is 14.6. The van der Waals surface area contributed by atoms with Crippen molar-refractivity contribution in [2.24, 2.45) is 5.10 Å². The molecule has 3 rings (SSSR count). The van der Waals surface area contributed by atoms with Crippen LogP contribution in [0.15, 0.2) is 71.8 Å². The Morgan fingerprint density at radius 1 is 1.03 bits per heavy atom. The zero-order valence-corrected chi connectivity index (χ0v) is 17.8. The predicted octanol–water partition coefficient (Wildman–Crippen LogP) is 5.74. The standard InChI is InChI=1S/C23H20Cl2N2O3/c1-2-29-21-13-17(14-26-27-23(28)18-8-10-19(24)11-9-18)12-20(25)22(21)30-15-16-6-4-3-5-7-16/h3-14H,2,15H2,1H3,(H,27,28)/b26-14-. The van der Waals surface area contributed by atoms with Crippen molar-refractivity contribution < 1.29 is 14.3 Å². The van der Waals surface area contributed by atoms with Crippen molar-refractivity contribution in [3.05, 3.63) is 93.5 Å². The quantitative estimate of drug-likeness (QED) is 0.357. The molecule has 7 heteroatoms. The third kappa shape index (κ3) is 5.99. The topological polar surface area (TPSA) is 59.9 Å². The number of amides is 1. The van der Waals surface area contributed by atoms with Gasteiger partial charge in [0.15, 0.2) is 11.5 Å². The van der Waals surface area contributed by atoms with Gasteiger partial charge >= 0.3 is 0 Å². The van der Waals surface area contributed by atoms with Crippen molar-refractivity contribution in [3.63, 3.8) is 0 Å². The lowest BCUT2D eigenvalue weighted by atomic mass is 10.2. The van der Waals surface area contributed by atoms with Crippen LogP contribution in [0.3, 0.4) is 0 Å². The van der Waals surface area contributed by atoms with Crippen molar-refractivity contribution >= 4 is 35.3 Å². The van der Waals surface area contributed by atoms with E-state index in [0.29, 0.717) is 45.9 Å². The van der Waals surface area contributed by atoms with Gasteiger partial charge in [-0.05, 0) is 54.4 Å². The van der Waals surface area contributed by atoms with Crippen LogP contribution in [0.1, 0.15) is 28.4 Å². The normalized spacial score (nSPS) is 10.8. The number of nitrogens with one attached hydrogen (secondary N) is 1. The maximum absolute atomic E-state index is 12.1. The number of hydrazone groups is 1. The summed E-state index contributed by atoms with van der Waals surface area (Å²) in [5.74, 6) is 0.623. The van der Waals surface area contributed by atoms with Crippen molar-refractivity contribution in [1.29, 1.82) is 0 Å². The van der Waals surface area contributed by atoms with Gasteiger partial charge < -0.3 is 9.47 Å². The van der Waals surface area contributed by atoms with E-state index in [4.69, 9.17) is 32.7 Å². The van der Waals surface area contributed by atoms with Crippen molar-refractivity contribution in [2.45, 2.75) is 13.5 Å². The summed E-state index contributed by atoms with van der Waals surface area (Å²) in [4.78, 5) is 12.1. The zero-order valence-electron chi connectivity index (χ0n) is 16.3. The minimum absolute atomic E-state index is 0.346. The number of hydrogen-bond acceptors (Lipinski definition) is 4. The van der Waals surface area contributed by atoms with E-state index in [1.54, 1.807) is 36.4 Å². The second kappa shape index (κ2) is 10.7. The molecule has 5 nitrogen and oxygen atoms in total. The molecule has 0 atom stereocenters. The summed E-state index contributed by atoms with van der Waals surface area (Å²) in [6, 6.07) is 19.8. The number of ether oxygens (including phenoxy) is 2. The maximum atomic E-state index is 12.1. The Balaban J connectivity index is 1.71. The highest BCUT2D eigenvalue weighted by Crippen LogP contribution is 2.37. The molecule has 0 aromatic heterocycles. The molecule has 1 N–H and O–H groups in total. The largest absolute Gasteiger partial charge is 0.490 e. The van der Waals surface area contributed by atoms with Gasteiger partial charge in [0.2, 0.25) is 0 Å². The molecule has 0 aliphatic carbocycles. The molecule has 0 heterocycles. The number of hydrogen-bond donors (Lipinski definition) is 1. The van der Waals surface area contributed by atoms with Crippen LogP contribution in [-0.2, 0) is 6.61 Å². The zero-order chi connectivity index (χ0) is 21.3. The first-order valence-corrected chi connectivity index (χ1v) is 10.0. The van der Waals surface area contributed by atoms with E-state index >= 15 is 0 Å². The highest BCUT2D eigenvalue weighted by Gasteiger charge is 2.13. The highest BCUT2D eigenvalue weighted by molar-refractivity contribution is 6.32. The lowest BCUT2D eigenvalue weighted by Crippen LogP contribution is -2.17. The molecule has 0 bridgehead atoms. The number of nitrogens with zero attached hydrogens (tertiary/aromatic N) is 1. The summed E-state index contributed by atoms with van der Waals surface area (Å²) < 4.78 is 11.6. The molecule has 0 fully saturated rings. The van der Waals surface area contributed by atoms with E-state index in [0.717, 1.165) is 5.56 Å². The Hall–Kier alpha value is -3.02. The third-order valence-electron chi connectivity index (χ3n) is 4.04. The summed E-state index contributed by atoms with van der Waals surface area (Å²) in [6.45, 7) is 2.69. The van der Waals surface area contributed by atoms with Gasteiger partial charge in [0.05, 0.1) is 17.8 Å². The Kier molecular flexibility index (Phi) is 7.71. The number of benzene rings is 3. The first kappa shape index (κ1) is 21.7. The van der Waals surface area contributed by atoms with Crippen LogP contribution in [-0.4, -0.2) is 18.7 Å². The van der Waals surface area contributed by atoms with Gasteiger partial charge in [-0.3, -0.25) is 4.79 Å². The molecule has 3 aromatic carbocycles. The van der Waals surface area contributed by atoms with Crippen LogP contribution < -0.4 is 14.9 Å². The number of carbonyl (C=O) groups is 1. The molecule has 0 saturated heterocycles. The SMILES string of the molecule is CCOc1cc(/C=N\NC(=O)c2ccc(Cl)cc2)cc(Cl)c1OCc1ccccc1. The van der Waals surface area contributed by atoms with Crippen LogP contribution in [0.2, 0.25) is 10.0 Å². The smallest absolute Gasteiger partial charge is 0.271 e. The number of carbonyl (C=O) groups excluding carboxylic acids is 1. The Bertz CT molecular complexity index is 1020. The minimum atomic E-state index is -0.346. The summed E-state index contributed by atoms with van der Waals surface area (Å²) in [5, 5.41) is 4.94. The van der Waals surface area contributed by atoms with E-state index in [1.165, 1.54) is 6.21 Å². The van der Waals surface area contributed by atoms with Crippen molar-refractivity contribution in [2.75, 3.05) is 6.61 Å². The molecule has 3 aromatic rings. The van der Waals surface area contributed by atoms with Crippen LogP contribution in [0.5, 0.6) is 11.5 Å². The van der Waals surface area contributed by atoms with Crippen molar-refractivity contribution in [3.8, 4) is 11.5 Å². The fraction of sp³-hybridized carbons (Fsp3) is 0.130. The lowest BCUT2D eigenvalue weighted by Gasteiger charge is -2.14. The highest BCUT2D eigenvalue weighted by atomic mass is 35.5. The Morgan fingerprint density at radius 3 is 2.47 bits per heavy atom. The predicted molar refractivity (Wildman–Crippen MR) is 120 cm³/mol. The Labute approximate surface area is 185 Å². The summed E-state index contributed by atoms with van der Waals surface area (Å²) >= 11 is 12.3. The molecule has 1 amide bonds. The van der Waals surface area contributed by atoms with Crippen LogP contribution in [0, 0.1) is 0 Å². The lowest BCUT2D eigenvalue weighted by molar-refractivity contribution is 0.0955. The van der Waals surface area contributed by atoms with Gasteiger partial charge in [-0.25, -0.2) is 5.43 Å². The maximum Gasteiger partial charge on any atom is 0.271 e. The molecule has 0 radical (unpaired) electrons. The van der Waals surface area contributed by atoms with Gasteiger partial charge in [0.25, 0.3) is 5.91 Å². The Morgan fingerprint density at radius 2 is 1.77 bits per heavy atom. The number of rotatable bonds is 8. The van der Waals surface area contributed by atoms with E-state index in [-0.39, 0.29) is 5.91 Å². The minimum Gasteiger partial charge on any atom is -0.490 e. The molecule has 0 saturated carbocycles. The van der Waals surface area contributed by atoms with E-state index in [2.05, 4.69) is 10.5 Å². The second-order valence-corrected chi connectivity index (χ2v) is 7.09. The van der Waals surface area contributed by atoms with Crippen LogP contribution in [0.4, 0.5) is 0 Å². The van der Waals surface area contributed by atoms with Gasteiger partial charge in [0, 0.05) is 10.6 Å². The molecular weight excluding hydrogens is 423 g/mol. The monoisotopic (exact) mass is 442 g/mol. The third-order valence-corrected chi connectivity index (χ3v) is 4.58. The van der Waals surface area contributed by atoms with Crippen LogP contribution in [0.25, 0.3) is 0 Å². The molecule has 0 unspecified atom stereocenters. The molecule has 30 heavy (non-hydrogen) atoms. The molecule has 154 valence electrons.